The molecule has 0 saturated heterocycles. The summed E-state index contributed by atoms with van der Waals surface area (Å²) in [5, 5.41) is 4.22. The molecule has 1 aliphatic rings. The molecule has 2 aromatic rings. The second-order valence-electron chi connectivity index (χ2n) is 3.69. The molecule has 15 heavy (non-hydrogen) atoms. The van der Waals surface area contributed by atoms with E-state index in [2.05, 4.69) is 5.10 Å². The van der Waals surface area contributed by atoms with E-state index < -0.39 is 0 Å². The van der Waals surface area contributed by atoms with E-state index in [4.69, 9.17) is 10.5 Å². The highest BCUT2D eigenvalue weighted by atomic mass is 16.5. The molecule has 2 N–H and O–H groups in total. The van der Waals surface area contributed by atoms with Crippen LogP contribution in [0.1, 0.15) is 5.56 Å². The van der Waals surface area contributed by atoms with Gasteiger partial charge in [-0.3, -0.25) is 4.68 Å². The van der Waals surface area contributed by atoms with Crippen LogP contribution < -0.4 is 10.5 Å². The van der Waals surface area contributed by atoms with Gasteiger partial charge in [0.25, 0.3) is 0 Å². The summed E-state index contributed by atoms with van der Waals surface area (Å²) >= 11 is 0. The molecule has 0 atom stereocenters. The minimum Gasteiger partial charge on any atom is -0.488 e. The fourth-order valence-corrected chi connectivity index (χ4v) is 1.95. The standard InChI is InChI=1S/C11H11N3O/c1-14-11-7(5-13-14)6-15-10-3-2-8(12)4-9(10)11/h2-5H,6,12H2,1H3. The van der Waals surface area contributed by atoms with E-state index in [0.717, 1.165) is 28.3 Å². The lowest BCUT2D eigenvalue weighted by Gasteiger charge is -2.18. The van der Waals surface area contributed by atoms with Crippen molar-refractivity contribution in [2.45, 2.75) is 6.61 Å². The lowest BCUT2D eigenvalue weighted by atomic mass is 10.0. The van der Waals surface area contributed by atoms with E-state index >= 15 is 0 Å². The van der Waals surface area contributed by atoms with Crippen LogP contribution in [0, 0.1) is 0 Å². The number of fused-ring (bicyclic) bond motifs is 3. The predicted octanol–water partition coefficient (Wildman–Crippen LogP) is 1.56. The SMILES string of the molecule is Cn1ncc2c1-c1cc(N)ccc1OC2. The largest absolute Gasteiger partial charge is 0.488 e. The number of ether oxygens (including phenoxy) is 1. The first kappa shape index (κ1) is 8.35. The molecular formula is C11H11N3O. The van der Waals surface area contributed by atoms with Gasteiger partial charge in [0.2, 0.25) is 0 Å². The molecule has 4 nitrogen and oxygen atoms in total. The molecule has 0 bridgehead atoms. The van der Waals surface area contributed by atoms with Crippen LogP contribution in [0.5, 0.6) is 5.75 Å². The number of nitrogen functional groups attached to an aromatic ring is 1. The second kappa shape index (κ2) is 2.76. The molecule has 1 aromatic heterocycles. The molecular weight excluding hydrogens is 190 g/mol. The van der Waals surface area contributed by atoms with E-state index in [9.17, 15) is 0 Å². The average molecular weight is 201 g/mol. The number of rotatable bonds is 0. The summed E-state index contributed by atoms with van der Waals surface area (Å²) in [6.07, 6.45) is 1.83. The first-order valence-electron chi connectivity index (χ1n) is 4.79. The van der Waals surface area contributed by atoms with Gasteiger partial charge in [-0.05, 0) is 18.2 Å². The first-order valence-corrected chi connectivity index (χ1v) is 4.79. The molecule has 2 heterocycles. The predicted molar refractivity (Wildman–Crippen MR) is 57.4 cm³/mol. The monoisotopic (exact) mass is 201 g/mol. The van der Waals surface area contributed by atoms with Crippen LogP contribution in [0.4, 0.5) is 5.69 Å². The molecule has 4 heteroatoms. The van der Waals surface area contributed by atoms with Crippen LogP contribution in [-0.4, -0.2) is 9.78 Å². The zero-order chi connectivity index (χ0) is 10.4. The summed E-state index contributed by atoms with van der Waals surface area (Å²) < 4.78 is 7.47. The fraction of sp³-hybridized carbons (Fsp3) is 0.182. The van der Waals surface area contributed by atoms with Gasteiger partial charge in [-0.25, -0.2) is 0 Å². The van der Waals surface area contributed by atoms with Gasteiger partial charge in [0, 0.05) is 23.9 Å². The van der Waals surface area contributed by atoms with Crippen molar-refractivity contribution in [1.82, 2.24) is 9.78 Å². The molecule has 0 unspecified atom stereocenters. The van der Waals surface area contributed by atoms with E-state index in [0.29, 0.717) is 6.61 Å². The van der Waals surface area contributed by atoms with Crippen molar-refractivity contribution in [3.05, 3.63) is 30.0 Å². The first-order chi connectivity index (χ1) is 7.25. The van der Waals surface area contributed by atoms with Gasteiger partial charge in [-0.2, -0.15) is 5.10 Å². The normalized spacial score (nSPS) is 12.9. The smallest absolute Gasteiger partial charge is 0.129 e. The molecule has 1 aliphatic heterocycles. The van der Waals surface area contributed by atoms with Gasteiger partial charge in [0.15, 0.2) is 0 Å². The molecule has 0 fully saturated rings. The van der Waals surface area contributed by atoms with E-state index in [1.54, 1.807) is 0 Å². The zero-order valence-electron chi connectivity index (χ0n) is 8.40. The van der Waals surface area contributed by atoms with Crippen molar-refractivity contribution in [3.63, 3.8) is 0 Å². The summed E-state index contributed by atoms with van der Waals surface area (Å²) in [6, 6.07) is 5.68. The Morgan fingerprint density at radius 2 is 2.33 bits per heavy atom. The number of hydrogen-bond acceptors (Lipinski definition) is 3. The van der Waals surface area contributed by atoms with Crippen LogP contribution in [0.3, 0.4) is 0 Å². The Bertz CT molecular complexity index is 531. The topological polar surface area (TPSA) is 53.1 Å². The van der Waals surface area contributed by atoms with Crippen molar-refractivity contribution >= 4 is 5.69 Å². The average Bonchev–Trinajstić information content (AvgIpc) is 2.60. The van der Waals surface area contributed by atoms with Gasteiger partial charge in [-0.1, -0.05) is 0 Å². The number of aryl methyl sites for hydroxylation is 1. The lowest BCUT2D eigenvalue weighted by Crippen LogP contribution is -2.07. The highest BCUT2D eigenvalue weighted by Crippen LogP contribution is 2.37. The molecule has 0 saturated carbocycles. The maximum atomic E-state index is 5.77. The number of hydrogen-bond donors (Lipinski definition) is 1. The van der Waals surface area contributed by atoms with Crippen LogP contribution in [-0.2, 0) is 13.7 Å². The van der Waals surface area contributed by atoms with Crippen molar-refractivity contribution in [1.29, 1.82) is 0 Å². The summed E-state index contributed by atoms with van der Waals surface area (Å²) in [4.78, 5) is 0. The van der Waals surface area contributed by atoms with Crippen LogP contribution in [0.25, 0.3) is 11.3 Å². The Labute approximate surface area is 87.3 Å². The molecule has 1 aromatic carbocycles. The minimum atomic E-state index is 0.583. The Morgan fingerprint density at radius 1 is 1.47 bits per heavy atom. The summed E-state index contributed by atoms with van der Waals surface area (Å²) in [5.41, 5.74) is 9.75. The molecule has 0 amide bonds. The molecule has 0 spiro atoms. The van der Waals surface area contributed by atoms with Crippen LogP contribution in [0.15, 0.2) is 24.4 Å². The van der Waals surface area contributed by atoms with Crippen LogP contribution >= 0.6 is 0 Å². The molecule has 0 aliphatic carbocycles. The molecule has 3 rings (SSSR count). The third kappa shape index (κ3) is 1.11. The van der Waals surface area contributed by atoms with Gasteiger partial charge in [0.05, 0.1) is 11.9 Å². The quantitative estimate of drug-likeness (QED) is 0.658. The Kier molecular flexibility index (Phi) is 1.54. The minimum absolute atomic E-state index is 0.583. The Morgan fingerprint density at radius 3 is 3.20 bits per heavy atom. The Hall–Kier alpha value is -1.97. The highest BCUT2D eigenvalue weighted by Gasteiger charge is 2.20. The maximum Gasteiger partial charge on any atom is 0.129 e. The third-order valence-corrected chi connectivity index (χ3v) is 2.66. The van der Waals surface area contributed by atoms with Crippen molar-refractivity contribution < 1.29 is 4.74 Å². The van der Waals surface area contributed by atoms with Crippen molar-refractivity contribution in [2.24, 2.45) is 7.05 Å². The summed E-state index contributed by atoms with van der Waals surface area (Å²) in [5.74, 6) is 0.875. The lowest BCUT2D eigenvalue weighted by molar-refractivity contribution is 0.302. The number of nitrogens with two attached hydrogens (primary N) is 1. The van der Waals surface area contributed by atoms with E-state index in [1.807, 2.05) is 36.1 Å². The third-order valence-electron chi connectivity index (χ3n) is 2.66. The highest BCUT2D eigenvalue weighted by molar-refractivity contribution is 5.75. The van der Waals surface area contributed by atoms with Crippen LogP contribution in [0.2, 0.25) is 0 Å². The van der Waals surface area contributed by atoms with Gasteiger partial charge < -0.3 is 10.5 Å². The number of benzene rings is 1. The van der Waals surface area contributed by atoms with Gasteiger partial charge in [-0.15, -0.1) is 0 Å². The number of nitrogens with zero attached hydrogens (tertiary/aromatic N) is 2. The van der Waals surface area contributed by atoms with E-state index in [-0.39, 0.29) is 0 Å². The second-order valence-corrected chi connectivity index (χ2v) is 3.69. The molecule has 76 valence electrons. The van der Waals surface area contributed by atoms with E-state index in [1.165, 1.54) is 0 Å². The zero-order valence-corrected chi connectivity index (χ0v) is 8.40. The van der Waals surface area contributed by atoms with Crippen molar-refractivity contribution in [2.75, 3.05) is 5.73 Å². The number of anilines is 1. The number of aromatic nitrogens is 2. The summed E-state index contributed by atoms with van der Waals surface area (Å²) in [6.45, 7) is 0.583. The molecule has 0 radical (unpaired) electrons. The van der Waals surface area contributed by atoms with Crippen molar-refractivity contribution in [3.8, 4) is 17.0 Å². The van der Waals surface area contributed by atoms with Gasteiger partial charge >= 0.3 is 0 Å². The fourth-order valence-electron chi connectivity index (χ4n) is 1.95. The van der Waals surface area contributed by atoms with Gasteiger partial charge in [0.1, 0.15) is 12.4 Å². The maximum absolute atomic E-state index is 5.77. The Balaban J connectivity index is 2.31. The summed E-state index contributed by atoms with van der Waals surface area (Å²) in [7, 11) is 1.93.